The van der Waals surface area contributed by atoms with Gasteiger partial charge in [-0.2, -0.15) is 5.10 Å². The summed E-state index contributed by atoms with van der Waals surface area (Å²) in [7, 11) is 1.36. The van der Waals surface area contributed by atoms with Crippen LogP contribution in [0.15, 0.2) is 36.4 Å². The van der Waals surface area contributed by atoms with E-state index in [0.29, 0.717) is 17.1 Å². The molecular formula is C23H22FN3O3. The van der Waals surface area contributed by atoms with Gasteiger partial charge in [-0.1, -0.05) is 6.07 Å². The number of ketones is 1. The maximum Gasteiger partial charge on any atom is 0.226 e. The fourth-order valence-corrected chi connectivity index (χ4v) is 3.84. The molecule has 7 heteroatoms. The molecule has 1 amide bonds. The number of methoxy groups -OCH3 is 1. The van der Waals surface area contributed by atoms with Crippen LogP contribution in [0.25, 0.3) is 5.69 Å². The molecule has 154 valence electrons. The average molecular weight is 407 g/mol. The van der Waals surface area contributed by atoms with E-state index in [1.54, 1.807) is 4.68 Å². The first-order chi connectivity index (χ1) is 14.3. The quantitative estimate of drug-likeness (QED) is 0.656. The minimum atomic E-state index is -0.734. The molecule has 30 heavy (non-hydrogen) atoms. The Morgan fingerprint density at radius 3 is 2.60 bits per heavy atom. The number of halogens is 1. The summed E-state index contributed by atoms with van der Waals surface area (Å²) in [6.45, 7) is 5.83. The first-order valence-electron chi connectivity index (χ1n) is 9.65. The standard InChI is InChI=1S/C23H22FN3O3/c1-12-5-7-16(9-13(12)2)27-23-21(14(3)26-27)17(11-20(28)25-23)22(29)15-6-8-19(30-4)18(24)10-15/h5-10,17H,11H2,1-4H3,(H,25,28)/t17-/m0/s1. The summed E-state index contributed by atoms with van der Waals surface area (Å²) in [5.74, 6) is -1.41. The number of Topliss-reactive ketones (excluding diaryl/α,β-unsaturated/α-hetero) is 1. The number of aromatic nitrogens is 2. The van der Waals surface area contributed by atoms with Crippen LogP contribution in [0.3, 0.4) is 0 Å². The average Bonchev–Trinajstić information content (AvgIpc) is 3.05. The van der Waals surface area contributed by atoms with Crippen molar-refractivity contribution in [2.24, 2.45) is 0 Å². The van der Waals surface area contributed by atoms with E-state index < -0.39 is 11.7 Å². The zero-order valence-electron chi connectivity index (χ0n) is 17.2. The predicted octanol–water partition coefficient (Wildman–Crippen LogP) is 4.25. The number of carbonyl (C=O) groups is 2. The molecule has 0 spiro atoms. The van der Waals surface area contributed by atoms with Crippen LogP contribution in [0.2, 0.25) is 0 Å². The number of rotatable bonds is 4. The number of hydrogen-bond acceptors (Lipinski definition) is 4. The number of hydrogen-bond donors (Lipinski definition) is 1. The van der Waals surface area contributed by atoms with E-state index in [9.17, 15) is 14.0 Å². The van der Waals surface area contributed by atoms with Crippen LogP contribution in [0.1, 0.15) is 45.1 Å². The molecule has 1 N–H and O–H groups in total. The number of ether oxygens (including phenoxy) is 1. The van der Waals surface area contributed by atoms with Gasteiger partial charge in [0.25, 0.3) is 0 Å². The van der Waals surface area contributed by atoms with Gasteiger partial charge in [-0.05, 0) is 62.2 Å². The zero-order valence-corrected chi connectivity index (χ0v) is 17.2. The summed E-state index contributed by atoms with van der Waals surface area (Å²) in [5.41, 5.74) is 4.54. The van der Waals surface area contributed by atoms with Crippen LogP contribution < -0.4 is 10.1 Å². The lowest BCUT2D eigenvalue weighted by atomic mass is 9.85. The second-order valence-corrected chi connectivity index (χ2v) is 7.55. The topological polar surface area (TPSA) is 73.2 Å². The van der Waals surface area contributed by atoms with Crippen LogP contribution in [0.5, 0.6) is 5.75 Å². The Morgan fingerprint density at radius 1 is 1.17 bits per heavy atom. The molecule has 0 unspecified atom stereocenters. The highest BCUT2D eigenvalue weighted by Crippen LogP contribution is 2.38. The van der Waals surface area contributed by atoms with E-state index in [1.807, 2.05) is 39.0 Å². The van der Waals surface area contributed by atoms with Crippen LogP contribution in [-0.4, -0.2) is 28.6 Å². The third-order valence-corrected chi connectivity index (χ3v) is 5.59. The third kappa shape index (κ3) is 3.26. The summed E-state index contributed by atoms with van der Waals surface area (Å²) in [5, 5.41) is 7.46. The van der Waals surface area contributed by atoms with Gasteiger partial charge in [-0.25, -0.2) is 9.07 Å². The van der Waals surface area contributed by atoms with Crippen molar-refractivity contribution in [1.82, 2.24) is 9.78 Å². The number of carbonyl (C=O) groups excluding carboxylic acids is 2. The molecule has 2 aromatic carbocycles. The Kier molecular flexibility index (Phi) is 4.89. The number of anilines is 1. The normalized spacial score (nSPS) is 15.5. The highest BCUT2D eigenvalue weighted by molar-refractivity contribution is 6.08. The van der Waals surface area contributed by atoms with E-state index >= 15 is 0 Å². The van der Waals surface area contributed by atoms with Crippen LogP contribution in [0, 0.1) is 26.6 Å². The lowest BCUT2D eigenvalue weighted by Gasteiger charge is -2.23. The zero-order chi connectivity index (χ0) is 21.6. The molecule has 1 aromatic heterocycles. The Hall–Kier alpha value is -3.48. The molecule has 3 aromatic rings. The van der Waals surface area contributed by atoms with Crippen molar-refractivity contribution in [2.45, 2.75) is 33.1 Å². The highest BCUT2D eigenvalue weighted by atomic mass is 19.1. The molecule has 0 fully saturated rings. The maximum atomic E-state index is 14.2. The molecule has 1 atom stereocenters. The lowest BCUT2D eigenvalue weighted by Crippen LogP contribution is -2.28. The van der Waals surface area contributed by atoms with Crippen molar-refractivity contribution in [3.63, 3.8) is 0 Å². The molecule has 4 rings (SSSR count). The molecule has 2 heterocycles. The van der Waals surface area contributed by atoms with Crippen molar-refractivity contribution >= 4 is 17.5 Å². The number of aryl methyl sites for hydroxylation is 3. The van der Waals surface area contributed by atoms with E-state index in [-0.39, 0.29) is 29.4 Å². The van der Waals surface area contributed by atoms with E-state index in [4.69, 9.17) is 4.74 Å². The van der Waals surface area contributed by atoms with Gasteiger partial charge >= 0.3 is 0 Å². The maximum absolute atomic E-state index is 14.2. The third-order valence-electron chi connectivity index (χ3n) is 5.59. The second kappa shape index (κ2) is 7.40. The fraction of sp³-hybridized carbons (Fsp3) is 0.261. The highest BCUT2D eigenvalue weighted by Gasteiger charge is 2.36. The number of nitrogens with one attached hydrogen (secondary N) is 1. The fourth-order valence-electron chi connectivity index (χ4n) is 3.84. The van der Waals surface area contributed by atoms with E-state index in [2.05, 4.69) is 10.4 Å². The molecule has 0 radical (unpaired) electrons. The minimum absolute atomic E-state index is 0.0149. The van der Waals surface area contributed by atoms with E-state index in [0.717, 1.165) is 22.9 Å². The molecule has 1 aliphatic rings. The molecule has 0 bridgehead atoms. The predicted molar refractivity (Wildman–Crippen MR) is 111 cm³/mol. The monoisotopic (exact) mass is 407 g/mol. The molecule has 0 saturated heterocycles. The number of amides is 1. The van der Waals surface area contributed by atoms with Crippen molar-refractivity contribution < 1.29 is 18.7 Å². The first-order valence-corrected chi connectivity index (χ1v) is 9.65. The van der Waals surface area contributed by atoms with Crippen molar-refractivity contribution in [3.05, 3.63) is 70.2 Å². The summed E-state index contributed by atoms with van der Waals surface area (Å²) in [4.78, 5) is 25.7. The summed E-state index contributed by atoms with van der Waals surface area (Å²) in [6, 6.07) is 9.97. The van der Waals surface area contributed by atoms with Crippen LogP contribution in [0.4, 0.5) is 10.2 Å². The Bertz CT molecular complexity index is 1180. The Morgan fingerprint density at radius 2 is 1.93 bits per heavy atom. The summed E-state index contributed by atoms with van der Waals surface area (Å²) in [6.07, 6.45) is -0.0149. The first kappa shape index (κ1) is 19.8. The minimum Gasteiger partial charge on any atom is -0.494 e. The van der Waals surface area contributed by atoms with Crippen molar-refractivity contribution in [3.8, 4) is 11.4 Å². The number of fused-ring (bicyclic) bond motifs is 1. The second-order valence-electron chi connectivity index (χ2n) is 7.55. The Balaban J connectivity index is 1.80. The number of nitrogens with zero attached hydrogens (tertiary/aromatic N) is 2. The summed E-state index contributed by atoms with van der Waals surface area (Å²) < 4.78 is 20.7. The van der Waals surface area contributed by atoms with Gasteiger partial charge in [-0.15, -0.1) is 0 Å². The number of benzene rings is 2. The smallest absolute Gasteiger partial charge is 0.226 e. The molecular weight excluding hydrogens is 385 g/mol. The Labute approximate surface area is 173 Å². The van der Waals surface area contributed by atoms with Crippen molar-refractivity contribution in [1.29, 1.82) is 0 Å². The molecule has 1 aliphatic heterocycles. The van der Waals surface area contributed by atoms with E-state index in [1.165, 1.54) is 19.2 Å². The largest absolute Gasteiger partial charge is 0.494 e. The van der Waals surface area contributed by atoms with Gasteiger partial charge in [0.2, 0.25) is 5.91 Å². The van der Waals surface area contributed by atoms with Gasteiger partial charge in [0, 0.05) is 17.5 Å². The molecule has 0 saturated carbocycles. The molecule has 0 aliphatic carbocycles. The van der Waals surface area contributed by atoms with Gasteiger partial charge in [0.05, 0.1) is 24.4 Å². The lowest BCUT2D eigenvalue weighted by molar-refractivity contribution is -0.116. The van der Waals surface area contributed by atoms with Crippen LogP contribution in [-0.2, 0) is 4.79 Å². The summed E-state index contributed by atoms with van der Waals surface area (Å²) >= 11 is 0. The molecule has 6 nitrogen and oxygen atoms in total. The van der Waals surface area contributed by atoms with Gasteiger partial charge < -0.3 is 10.1 Å². The van der Waals surface area contributed by atoms with Gasteiger partial charge in [0.15, 0.2) is 17.3 Å². The van der Waals surface area contributed by atoms with Gasteiger partial charge in [-0.3, -0.25) is 9.59 Å². The van der Waals surface area contributed by atoms with Crippen molar-refractivity contribution in [2.75, 3.05) is 12.4 Å². The van der Waals surface area contributed by atoms with Crippen LogP contribution >= 0.6 is 0 Å². The SMILES string of the molecule is COc1ccc(C(=O)[C@H]2CC(=O)Nc3c2c(C)nn3-c2ccc(C)c(C)c2)cc1F. The van der Waals surface area contributed by atoms with Gasteiger partial charge in [0.1, 0.15) is 5.82 Å².